The van der Waals surface area contributed by atoms with Gasteiger partial charge in [-0.1, -0.05) is 6.92 Å². The fraction of sp³-hybridized carbons (Fsp3) is 0.357. The van der Waals surface area contributed by atoms with Gasteiger partial charge in [0.05, 0.1) is 12.2 Å². The van der Waals surface area contributed by atoms with Crippen LogP contribution in [0.3, 0.4) is 0 Å². The van der Waals surface area contributed by atoms with Crippen molar-refractivity contribution < 1.29 is 9.47 Å². The first-order valence-corrected chi connectivity index (χ1v) is 6.50. The van der Waals surface area contributed by atoms with Gasteiger partial charge in [0.1, 0.15) is 19.0 Å². The lowest BCUT2D eigenvalue weighted by atomic mass is 10.2. The Morgan fingerprint density at radius 2 is 1.90 bits per heavy atom. The number of rotatable bonds is 7. The van der Waals surface area contributed by atoms with E-state index in [0.717, 1.165) is 17.7 Å². The van der Waals surface area contributed by atoms with Crippen molar-refractivity contribution in [3.8, 4) is 11.8 Å². The van der Waals surface area contributed by atoms with Crippen LogP contribution in [0.15, 0.2) is 36.9 Å². The molecule has 0 aromatic carbocycles. The highest BCUT2D eigenvalue weighted by atomic mass is 16.5. The van der Waals surface area contributed by atoms with E-state index in [0.29, 0.717) is 19.2 Å². The molecule has 20 heavy (non-hydrogen) atoms. The van der Waals surface area contributed by atoms with Crippen LogP contribution in [-0.4, -0.2) is 34.2 Å². The molecule has 0 aliphatic heterocycles. The zero-order valence-electron chi connectivity index (χ0n) is 11.4. The van der Waals surface area contributed by atoms with Gasteiger partial charge in [-0.25, -0.2) is 9.97 Å². The molecule has 0 aliphatic carbocycles. The predicted octanol–water partition coefficient (Wildman–Crippen LogP) is 1.22. The zero-order chi connectivity index (χ0) is 14.2. The SMILES string of the molecule is CCc1cncc(OC[C@@H](N)COc2ncccn2)c1. The molecule has 0 unspecified atom stereocenters. The Morgan fingerprint density at radius 3 is 2.65 bits per heavy atom. The van der Waals surface area contributed by atoms with Crippen LogP contribution >= 0.6 is 0 Å². The highest BCUT2D eigenvalue weighted by Gasteiger charge is 2.06. The number of nitrogens with two attached hydrogens (primary N) is 1. The molecule has 2 N–H and O–H groups in total. The summed E-state index contributed by atoms with van der Waals surface area (Å²) in [6.07, 6.45) is 7.65. The van der Waals surface area contributed by atoms with E-state index in [1.54, 1.807) is 24.7 Å². The lowest BCUT2D eigenvalue weighted by Gasteiger charge is -2.13. The standard InChI is InChI=1S/C14H18N4O2/c1-2-11-6-13(8-16-7-11)19-9-12(15)10-20-14-17-4-3-5-18-14/h3-8,12H,2,9-10,15H2,1H3/t12-/m1/s1. The van der Waals surface area contributed by atoms with Crippen molar-refractivity contribution >= 4 is 0 Å². The van der Waals surface area contributed by atoms with Crippen LogP contribution < -0.4 is 15.2 Å². The zero-order valence-corrected chi connectivity index (χ0v) is 11.4. The summed E-state index contributed by atoms with van der Waals surface area (Å²) in [5.74, 6) is 0.718. The first kappa shape index (κ1) is 14.2. The third kappa shape index (κ3) is 4.47. The minimum absolute atomic E-state index is 0.260. The van der Waals surface area contributed by atoms with E-state index < -0.39 is 0 Å². The second-order valence-electron chi connectivity index (χ2n) is 4.30. The Kier molecular flexibility index (Phi) is 5.25. The smallest absolute Gasteiger partial charge is 0.316 e. The van der Waals surface area contributed by atoms with Crippen LogP contribution in [0.1, 0.15) is 12.5 Å². The molecular formula is C14H18N4O2. The highest BCUT2D eigenvalue weighted by molar-refractivity contribution is 5.23. The number of pyridine rings is 1. The number of hydrogen-bond donors (Lipinski definition) is 1. The molecule has 2 rings (SSSR count). The van der Waals surface area contributed by atoms with Gasteiger partial charge in [0.2, 0.25) is 0 Å². The van der Waals surface area contributed by atoms with E-state index in [1.165, 1.54) is 0 Å². The summed E-state index contributed by atoms with van der Waals surface area (Å²) in [5.41, 5.74) is 7.04. The Labute approximate surface area is 118 Å². The molecule has 2 heterocycles. The van der Waals surface area contributed by atoms with Crippen molar-refractivity contribution in [2.45, 2.75) is 19.4 Å². The summed E-state index contributed by atoms with van der Waals surface area (Å²) in [4.78, 5) is 12.0. The van der Waals surface area contributed by atoms with Gasteiger partial charge in [0, 0.05) is 18.6 Å². The Bertz CT molecular complexity index is 522. The number of aryl methyl sites for hydroxylation is 1. The molecule has 0 saturated carbocycles. The Balaban J connectivity index is 1.75. The molecule has 0 spiro atoms. The normalized spacial score (nSPS) is 11.9. The molecule has 0 amide bonds. The van der Waals surface area contributed by atoms with Crippen molar-refractivity contribution in [3.63, 3.8) is 0 Å². The first-order valence-electron chi connectivity index (χ1n) is 6.50. The third-order valence-electron chi connectivity index (χ3n) is 2.61. The van der Waals surface area contributed by atoms with Crippen LogP contribution in [0.5, 0.6) is 11.8 Å². The van der Waals surface area contributed by atoms with Crippen molar-refractivity contribution in [3.05, 3.63) is 42.5 Å². The second-order valence-corrected chi connectivity index (χ2v) is 4.30. The van der Waals surface area contributed by atoms with Gasteiger partial charge in [0.15, 0.2) is 0 Å². The van der Waals surface area contributed by atoms with Gasteiger partial charge >= 0.3 is 6.01 Å². The van der Waals surface area contributed by atoms with E-state index in [1.807, 2.05) is 12.3 Å². The van der Waals surface area contributed by atoms with E-state index in [2.05, 4.69) is 21.9 Å². The van der Waals surface area contributed by atoms with Crippen LogP contribution in [-0.2, 0) is 6.42 Å². The molecular weight excluding hydrogens is 256 g/mol. The Hall–Kier alpha value is -2.21. The van der Waals surface area contributed by atoms with Gasteiger partial charge in [0.25, 0.3) is 0 Å². The molecule has 1 atom stereocenters. The minimum Gasteiger partial charge on any atom is -0.490 e. The van der Waals surface area contributed by atoms with E-state index in [4.69, 9.17) is 15.2 Å². The topological polar surface area (TPSA) is 83.2 Å². The van der Waals surface area contributed by atoms with Gasteiger partial charge in [-0.05, 0) is 24.1 Å². The molecule has 2 aromatic heterocycles. The highest BCUT2D eigenvalue weighted by Crippen LogP contribution is 2.11. The summed E-state index contributed by atoms with van der Waals surface area (Å²) >= 11 is 0. The predicted molar refractivity (Wildman–Crippen MR) is 74.6 cm³/mol. The van der Waals surface area contributed by atoms with Gasteiger partial charge in [-0.2, -0.15) is 0 Å². The quantitative estimate of drug-likeness (QED) is 0.817. The van der Waals surface area contributed by atoms with Crippen molar-refractivity contribution in [1.29, 1.82) is 0 Å². The molecule has 0 bridgehead atoms. The molecule has 106 valence electrons. The fourth-order valence-electron chi connectivity index (χ4n) is 1.53. The second kappa shape index (κ2) is 7.40. The van der Waals surface area contributed by atoms with Crippen LogP contribution in [0.2, 0.25) is 0 Å². The minimum atomic E-state index is -0.260. The Morgan fingerprint density at radius 1 is 1.15 bits per heavy atom. The van der Waals surface area contributed by atoms with Gasteiger partial charge in [-0.3, -0.25) is 4.98 Å². The van der Waals surface area contributed by atoms with E-state index in [-0.39, 0.29) is 6.04 Å². The van der Waals surface area contributed by atoms with E-state index >= 15 is 0 Å². The molecule has 0 radical (unpaired) electrons. The maximum Gasteiger partial charge on any atom is 0.316 e. The summed E-state index contributed by atoms with van der Waals surface area (Å²) in [7, 11) is 0. The largest absolute Gasteiger partial charge is 0.490 e. The van der Waals surface area contributed by atoms with Crippen molar-refractivity contribution in [2.24, 2.45) is 5.73 Å². The fourth-order valence-corrected chi connectivity index (χ4v) is 1.53. The monoisotopic (exact) mass is 274 g/mol. The van der Waals surface area contributed by atoms with Crippen LogP contribution in [0.4, 0.5) is 0 Å². The third-order valence-corrected chi connectivity index (χ3v) is 2.61. The number of aromatic nitrogens is 3. The average molecular weight is 274 g/mol. The average Bonchev–Trinajstić information content (AvgIpc) is 2.52. The summed E-state index contributed by atoms with van der Waals surface area (Å²) in [6.45, 7) is 2.72. The molecule has 0 fully saturated rings. The van der Waals surface area contributed by atoms with Crippen molar-refractivity contribution in [2.75, 3.05) is 13.2 Å². The number of hydrogen-bond acceptors (Lipinski definition) is 6. The molecule has 0 aliphatic rings. The molecule has 6 heteroatoms. The number of nitrogens with zero attached hydrogens (tertiary/aromatic N) is 3. The maximum atomic E-state index is 5.91. The molecule has 2 aromatic rings. The lowest BCUT2D eigenvalue weighted by molar-refractivity contribution is 0.210. The summed E-state index contributed by atoms with van der Waals surface area (Å²) < 4.78 is 10.9. The number of ether oxygens (including phenoxy) is 2. The maximum absolute atomic E-state index is 5.91. The van der Waals surface area contributed by atoms with Crippen LogP contribution in [0, 0.1) is 0 Å². The van der Waals surface area contributed by atoms with E-state index in [9.17, 15) is 0 Å². The lowest BCUT2D eigenvalue weighted by Crippen LogP contribution is -2.34. The summed E-state index contributed by atoms with van der Waals surface area (Å²) in [5, 5.41) is 0. The summed E-state index contributed by atoms with van der Waals surface area (Å²) in [6, 6.07) is 3.74. The first-order chi connectivity index (χ1) is 9.78. The van der Waals surface area contributed by atoms with Crippen molar-refractivity contribution in [1.82, 2.24) is 15.0 Å². The van der Waals surface area contributed by atoms with Gasteiger partial charge in [-0.15, -0.1) is 0 Å². The van der Waals surface area contributed by atoms with Crippen LogP contribution in [0.25, 0.3) is 0 Å². The molecule has 6 nitrogen and oxygen atoms in total. The van der Waals surface area contributed by atoms with Gasteiger partial charge < -0.3 is 15.2 Å². The molecule has 0 saturated heterocycles.